The molecule has 1 aliphatic rings. The summed E-state index contributed by atoms with van der Waals surface area (Å²) in [4.78, 5) is 0. The lowest BCUT2D eigenvalue weighted by Crippen LogP contribution is -2.57. The average Bonchev–Trinajstić information content (AvgIpc) is 2.28. The number of rotatable bonds is 7. The van der Waals surface area contributed by atoms with Gasteiger partial charge in [-0.1, -0.05) is 0 Å². The molecule has 4 atom stereocenters. The van der Waals surface area contributed by atoms with E-state index in [1.165, 1.54) is 7.11 Å². The highest BCUT2D eigenvalue weighted by molar-refractivity contribution is 7.86. The summed E-state index contributed by atoms with van der Waals surface area (Å²) in [7, 11) is -11.0. The Balaban J connectivity index is 3.23. The maximum absolute atomic E-state index is 11.4. The van der Waals surface area contributed by atoms with Crippen molar-refractivity contribution in [1.82, 2.24) is 0 Å². The minimum Gasteiger partial charge on any atom is -0.353 e. The fraction of sp³-hybridized carbons (Fsp3) is 1.00. The first-order chi connectivity index (χ1) is 10.2. The highest BCUT2D eigenvalue weighted by atomic mass is 32.2. The molecule has 0 aliphatic carbocycles. The van der Waals surface area contributed by atoms with E-state index in [2.05, 4.69) is 0 Å². The van der Waals surface area contributed by atoms with Gasteiger partial charge in [-0.3, -0.25) is 12.5 Å². The molecule has 138 valence electrons. The predicted molar refractivity (Wildman–Crippen MR) is 75.9 cm³/mol. The molecule has 14 heteroatoms. The molecule has 23 heavy (non-hydrogen) atoms. The quantitative estimate of drug-likeness (QED) is 0.439. The molecule has 1 aliphatic heterocycles. The van der Waals surface area contributed by atoms with Gasteiger partial charge in [0.05, 0.1) is 25.4 Å². The van der Waals surface area contributed by atoms with Gasteiger partial charge in [-0.15, -0.1) is 0 Å². The first-order valence-corrected chi connectivity index (χ1v) is 11.5. The van der Waals surface area contributed by atoms with E-state index in [-0.39, 0.29) is 0 Å². The van der Waals surface area contributed by atoms with Crippen LogP contribution >= 0.6 is 0 Å². The molecular formula is C9H18O11S3. The fourth-order valence-corrected chi connectivity index (χ4v) is 3.73. The molecule has 0 unspecified atom stereocenters. The van der Waals surface area contributed by atoms with E-state index in [0.717, 1.165) is 12.5 Å². The Morgan fingerprint density at radius 1 is 0.783 bits per heavy atom. The molecule has 0 aromatic carbocycles. The maximum Gasteiger partial charge on any atom is 0.264 e. The highest BCUT2D eigenvalue weighted by Gasteiger charge is 2.48. The van der Waals surface area contributed by atoms with Gasteiger partial charge in [0, 0.05) is 7.11 Å². The van der Waals surface area contributed by atoms with Gasteiger partial charge in [-0.2, -0.15) is 25.3 Å². The van der Waals surface area contributed by atoms with Crippen LogP contribution in [0.1, 0.15) is 0 Å². The van der Waals surface area contributed by atoms with Crippen LogP contribution in [0, 0.1) is 0 Å². The summed E-state index contributed by atoms with van der Waals surface area (Å²) in [5, 5.41) is 0. The third-order valence-electron chi connectivity index (χ3n) is 2.49. The zero-order valence-electron chi connectivity index (χ0n) is 12.7. The third-order valence-corrected chi connectivity index (χ3v) is 4.23. The van der Waals surface area contributed by atoms with Gasteiger partial charge in [0.15, 0.2) is 12.4 Å². The van der Waals surface area contributed by atoms with E-state index in [0.29, 0.717) is 6.26 Å². The lowest BCUT2D eigenvalue weighted by atomic mass is 10.1. The van der Waals surface area contributed by atoms with E-state index >= 15 is 0 Å². The lowest BCUT2D eigenvalue weighted by molar-refractivity contribution is -0.243. The summed E-state index contributed by atoms with van der Waals surface area (Å²) in [6.45, 7) is -0.421. The summed E-state index contributed by atoms with van der Waals surface area (Å²) in [6.07, 6.45) is -3.80. The van der Waals surface area contributed by atoms with E-state index in [4.69, 9.17) is 22.0 Å². The predicted octanol–water partition coefficient (Wildman–Crippen LogP) is -1.98. The van der Waals surface area contributed by atoms with Crippen LogP contribution in [-0.4, -0.2) is 82.3 Å². The van der Waals surface area contributed by atoms with Crippen molar-refractivity contribution >= 4 is 30.4 Å². The summed E-state index contributed by atoms with van der Waals surface area (Å²) in [5.74, 6) is 0. The van der Waals surface area contributed by atoms with Crippen molar-refractivity contribution in [2.45, 2.75) is 24.6 Å². The molecule has 0 spiro atoms. The molecule has 0 amide bonds. The van der Waals surface area contributed by atoms with Crippen LogP contribution in [0.5, 0.6) is 0 Å². The van der Waals surface area contributed by atoms with Crippen LogP contribution in [-0.2, 0) is 52.4 Å². The number of hydrogen-bond donors (Lipinski definition) is 0. The molecule has 1 saturated heterocycles. The second kappa shape index (κ2) is 7.26. The van der Waals surface area contributed by atoms with Crippen molar-refractivity contribution in [3.8, 4) is 0 Å². The largest absolute Gasteiger partial charge is 0.353 e. The normalized spacial score (nSPS) is 30.3. The standard InChI is InChI=1S/C9H18O11S3/c1-16-9-8(20-23(4,14)15)7(19-22(3,12)13)6(5-17-9)18-21(2,10)11/h6-9H,5H2,1-4H3/t6-,7-,8+,9+/m1/s1. The molecule has 1 rings (SSSR count). The second-order valence-corrected chi connectivity index (χ2v) is 9.61. The Labute approximate surface area is 135 Å². The zero-order valence-corrected chi connectivity index (χ0v) is 15.2. The maximum atomic E-state index is 11.4. The molecule has 1 fully saturated rings. The molecule has 0 bridgehead atoms. The first-order valence-electron chi connectivity index (χ1n) is 6.01. The molecule has 1 heterocycles. The number of ether oxygens (including phenoxy) is 2. The van der Waals surface area contributed by atoms with E-state index < -0.39 is 61.6 Å². The van der Waals surface area contributed by atoms with Gasteiger partial charge < -0.3 is 9.47 Å². The highest BCUT2D eigenvalue weighted by Crippen LogP contribution is 2.27. The van der Waals surface area contributed by atoms with E-state index in [9.17, 15) is 25.3 Å². The topological polar surface area (TPSA) is 149 Å². The molecule has 11 nitrogen and oxygen atoms in total. The Kier molecular flexibility index (Phi) is 6.54. The van der Waals surface area contributed by atoms with Gasteiger partial charge in [-0.25, -0.2) is 0 Å². The molecule has 0 saturated carbocycles. The van der Waals surface area contributed by atoms with Gasteiger partial charge in [0.2, 0.25) is 0 Å². The molecular weight excluding hydrogens is 380 g/mol. The number of hydrogen-bond acceptors (Lipinski definition) is 11. The van der Waals surface area contributed by atoms with Crippen molar-refractivity contribution in [1.29, 1.82) is 0 Å². The van der Waals surface area contributed by atoms with Crippen LogP contribution in [0.3, 0.4) is 0 Å². The average molecular weight is 398 g/mol. The molecule has 0 aromatic heterocycles. The lowest BCUT2D eigenvalue weighted by Gasteiger charge is -2.39. The van der Waals surface area contributed by atoms with Crippen molar-refractivity contribution in [2.75, 3.05) is 32.5 Å². The monoisotopic (exact) mass is 398 g/mol. The van der Waals surface area contributed by atoms with Crippen LogP contribution in [0.15, 0.2) is 0 Å². The summed E-state index contributed by atoms with van der Waals surface area (Å²) in [6, 6.07) is 0. The van der Waals surface area contributed by atoms with Crippen LogP contribution < -0.4 is 0 Å². The Morgan fingerprint density at radius 3 is 1.61 bits per heavy atom. The SMILES string of the molecule is CO[C@H]1OC[C@@H](OS(C)(=O)=O)[C@@H](OS(C)(=O)=O)[C@@H]1OS(C)(=O)=O. The van der Waals surface area contributed by atoms with Gasteiger partial charge in [-0.05, 0) is 0 Å². The smallest absolute Gasteiger partial charge is 0.264 e. The molecule has 0 N–H and O–H groups in total. The minimum atomic E-state index is -4.09. The van der Waals surface area contributed by atoms with Crippen LogP contribution in [0.2, 0.25) is 0 Å². The Bertz CT molecular complexity index is 708. The van der Waals surface area contributed by atoms with Gasteiger partial charge in [0.1, 0.15) is 12.2 Å². The van der Waals surface area contributed by atoms with E-state index in [1.54, 1.807) is 0 Å². The molecule has 0 radical (unpaired) electrons. The Morgan fingerprint density at radius 2 is 1.22 bits per heavy atom. The van der Waals surface area contributed by atoms with Crippen molar-refractivity contribution in [2.24, 2.45) is 0 Å². The summed E-state index contributed by atoms with van der Waals surface area (Å²) < 4.78 is 92.3. The fourth-order valence-electron chi connectivity index (χ4n) is 1.88. The summed E-state index contributed by atoms with van der Waals surface area (Å²) >= 11 is 0. The second-order valence-electron chi connectivity index (χ2n) is 4.81. The van der Waals surface area contributed by atoms with Gasteiger partial charge in [0.25, 0.3) is 30.4 Å². The van der Waals surface area contributed by atoms with Crippen LogP contribution in [0.4, 0.5) is 0 Å². The summed E-state index contributed by atoms with van der Waals surface area (Å²) in [5.41, 5.74) is 0. The number of methoxy groups -OCH3 is 1. The zero-order chi connectivity index (χ0) is 18.1. The van der Waals surface area contributed by atoms with E-state index in [1.807, 2.05) is 0 Å². The van der Waals surface area contributed by atoms with Gasteiger partial charge >= 0.3 is 0 Å². The Hall–Kier alpha value is -0.350. The van der Waals surface area contributed by atoms with Crippen molar-refractivity contribution in [3.05, 3.63) is 0 Å². The van der Waals surface area contributed by atoms with Crippen LogP contribution in [0.25, 0.3) is 0 Å². The third kappa shape index (κ3) is 7.38. The minimum absolute atomic E-state index is 0.421. The first kappa shape index (κ1) is 20.7. The van der Waals surface area contributed by atoms with Crippen molar-refractivity contribution < 1.29 is 47.3 Å². The van der Waals surface area contributed by atoms with Crippen molar-refractivity contribution in [3.63, 3.8) is 0 Å². The molecule has 0 aromatic rings.